The fourth-order valence-electron chi connectivity index (χ4n) is 0.370. The van der Waals surface area contributed by atoms with Crippen LogP contribution >= 0.6 is 0 Å². The Bertz CT molecular complexity index is 130. The van der Waals surface area contributed by atoms with E-state index in [9.17, 15) is 9.70 Å². The maximum atomic E-state index is 10.2. The number of carbonyl (C=O) groups excluding carboxylic acids is 1. The van der Waals surface area contributed by atoms with Crippen LogP contribution < -0.4 is 0 Å². The topological polar surface area (TPSA) is 55.7 Å². The highest BCUT2D eigenvalue weighted by atomic mass is 16.6. The molecule has 0 aliphatic rings. The van der Waals surface area contributed by atoms with Crippen molar-refractivity contribution in [1.29, 1.82) is 0 Å². The number of hydrogen-bond donors (Lipinski definition) is 0. The summed E-state index contributed by atoms with van der Waals surface area (Å²) in [6.07, 6.45) is 0. The van der Waals surface area contributed by atoms with Crippen LogP contribution in [-0.2, 0) is 9.53 Å². The van der Waals surface area contributed by atoms with Gasteiger partial charge in [-0.05, 0) is 19.0 Å². The Morgan fingerprint density at radius 2 is 2.00 bits per heavy atom. The summed E-state index contributed by atoms with van der Waals surface area (Å²) in [5, 5.41) is 2.57. The number of hydrogen-bond acceptors (Lipinski definition) is 4. The molecule has 0 radical (unpaired) electrons. The lowest BCUT2D eigenvalue weighted by atomic mass is 10.3. The molecule has 0 aromatic heterocycles. The van der Waals surface area contributed by atoms with E-state index in [2.05, 4.69) is 9.91 Å². The summed E-state index contributed by atoms with van der Waals surface area (Å²) in [5.74, 6) is -0.500. The molecule has 4 heteroatoms. The van der Waals surface area contributed by atoms with Crippen LogP contribution in [0.25, 0.3) is 0 Å². The second-order valence-electron chi connectivity index (χ2n) is 2.13. The fourth-order valence-corrected chi connectivity index (χ4v) is 0.370. The number of rotatable bonds is 2. The molecule has 0 N–H and O–H groups in total. The zero-order valence-electron chi connectivity index (χ0n) is 5.67. The molecule has 0 unspecified atom stereocenters. The van der Waals surface area contributed by atoms with Gasteiger partial charge in [-0.15, -0.1) is 4.91 Å². The van der Waals surface area contributed by atoms with E-state index in [0.717, 1.165) is 0 Å². The first kappa shape index (κ1) is 8.07. The minimum Gasteiger partial charge on any atom is -0.434 e. The van der Waals surface area contributed by atoms with Crippen LogP contribution in [0.5, 0.6) is 0 Å². The van der Waals surface area contributed by atoms with E-state index in [0.29, 0.717) is 0 Å². The van der Waals surface area contributed by atoms with Crippen LogP contribution in [0.2, 0.25) is 0 Å². The molecule has 0 spiro atoms. The maximum Gasteiger partial charge on any atom is 0.304 e. The summed E-state index contributed by atoms with van der Waals surface area (Å²) in [4.78, 5) is 20.0. The van der Waals surface area contributed by atoms with Crippen molar-refractivity contribution >= 4 is 5.97 Å². The monoisotopic (exact) mass is 131 g/mol. The summed E-state index contributed by atoms with van der Waals surface area (Å²) in [5.41, 5.74) is -1.22. The van der Waals surface area contributed by atoms with E-state index in [1.165, 1.54) is 20.8 Å². The Morgan fingerprint density at radius 1 is 1.56 bits per heavy atom. The summed E-state index contributed by atoms with van der Waals surface area (Å²) < 4.78 is 4.47. The van der Waals surface area contributed by atoms with Crippen molar-refractivity contribution in [1.82, 2.24) is 0 Å². The smallest absolute Gasteiger partial charge is 0.304 e. The summed E-state index contributed by atoms with van der Waals surface area (Å²) in [7, 11) is 0. The molecule has 0 amide bonds. The van der Waals surface area contributed by atoms with Gasteiger partial charge in [0.05, 0.1) is 0 Å². The van der Waals surface area contributed by atoms with Gasteiger partial charge in [0, 0.05) is 6.92 Å². The average molecular weight is 131 g/mol. The van der Waals surface area contributed by atoms with E-state index in [4.69, 9.17) is 0 Å². The molecular formula is C5H9NO3. The molecule has 9 heavy (non-hydrogen) atoms. The second-order valence-corrected chi connectivity index (χ2v) is 2.13. The number of esters is 1. The van der Waals surface area contributed by atoms with E-state index >= 15 is 0 Å². The lowest BCUT2D eigenvalue weighted by molar-refractivity contribution is -0.152. The standard InChI is InChI=1S/C5H9NO3/c1-4(7)9-5(2,3)6-8/h1-3H3. The predicted octanol–water partition coefficient (Wildman–Crippen LogP) is 1.05. The van der Waals surface area contributed by atoms with Gasteiger partial charge in [-0.25, -0.2) is 0 Å². The van der Waals surface area contributed by atoms with Crippen molar-refractivity contribution in [2.75, 3.05) is 0 Å². The summed E-state index contributed by atoms with van der Waals surface area (Å²) >= 11 is 0. The Morgan fingerprint density at radius 3 is 2.11 bits per heavy atom. The van der Waals surface area contributed by atoms with Crippen molar-refractivity contribution in [3.8, 4) is 0 Å². The highest BCUT2D eigenvalue weighted by molar-refractivity contribution is 5.66. The van der Waals surface area contributed by atoms with Crippen LogP contribution in [0.3, 0.4) is 0 Å². The van der Waals surface area contributed by atoms with Gasteiger partial charge >= 0.3 is 5.97 Å². The maximum absolute atomic E-state index is 10.2. The van der Waals surface area contributed by atoms with Crippen molar-refractivity contribution in [3.05, 3.63) is 4.91 Å². The number of nitroso groups, excluding NO2 is 1. The van der Waals surface area contributed by atoms with E-state index in [1.807, 2.05) is 0 Å². The molecule has 0 fully saturated rings. The fraction of sp³-hybridized carbons (Fsp3) is 0.800. The number of nitrogens with zero attached hydrogens (tertiary/aromatic N) is 1. The van der Waals surface area contributed by atoms with Gasteiger partial charge < -0.3 is 4.74 Å². The van der Waals surface area contributed by atoms with Gasteiger partial charge in [-0.2, -0.15) is 0 Å². The summed E-state index contributed by atoms with van der Waals surface area (Å²) in [6.45, 7) is 4.07. The summed E-state index contributed by atoms with van der Waals surface area (Å²) in [6, 6.07) is 0. The normalized spacial score (nSPS) is 10.6. The molecule has 4 nitrogen and oxygen atoms in total. The molecule has 0 aromatic carbocycles. The molecule has 0 aliphatic carbocycles. The van der Waals surface area contributed by atoms with Crippen LogP contribution in [0, 0.1) is 4.91 Å². The first-order valence-corrected chi connectivity index (χ1v) is 2.52. The molecule has 0 saturated heterocycles. The number of carbonyl (C=O) groups is 1. The molecule has 52 valence electrons. The largest absolute Gasteiger partial charge is 0.434 e. The van der Waals surface area contributed by atoms with Gasteiger partial charge in [-0.1, -0.05) is 0 Å². The van der Waals surface area contributed by atoms with Crippen LogP contribution in [0.1, 0.15) is 20.8 Å². The van der Waals surface area contributed by atoms with Crippen molar-refractivity contribution < 1.29 is 9.53 Å². The molecule has 0 heterocycles. The van der Waals surface area contributed by atoms with Crippen LogP contribution in [0.15, 0.2) is 5.18 Å². The zero-order chi connectivity index (χ0) is 7.49. The lowest BCUT2D eigenvalue weighted by Gasteiger charge is -2.13. The Labute approximate surface area is 53.2 Å². The van der Waals surface area contributed by atoms with Crippen molar-refractivity contribution in [2.45, 2.75) is 26.5 Å². The lowest BCUT2D eigenvalue weighted by Crippen LogP contribution is -2.23. The molecule has 0 bridgehead atoms. The Balaban J connectivity index is 3.86. The van der Waals surface area contributed by atoms with Gasteiger partial charge in [0.2, 0.25) is 5.72 Å². The molecule has 0 aliphatic heterocycles. The molecule has 0 aromatic rings. The van der Waals surface area contributed by atoms with E-state index in [1.54, 1.807) is 0 Å². The van der Waals surface area contributed by atoms with Crippen LogP contribution in [-0.4, -0.2) is 11.7 Å². The van der Waals surface area contributed by atoms with Gasteiger partial charge in [0.15, 0.2) is 0 Å². The van der Waals surface area contributed by atoms with Gasteiger partial charge in [0.1, 0.15) is 0 Å². The molecular weight excluding hydrogens is 122 g/mol. The quantitative estimate of drug-likeness (QED) is 0.415. The predicted molar refractivity (Wildman–Crippen MR) is 31.6 cm³/mol. The van der Waals surface area contributed by atoms with E-state index in [-0.39, 0.29) is 0 Å². The van der Waals surface area contributed by atoms with Gasteiger partial charge in [0.25, 0.3) is 0 Å². The Kier molecular flexibility index (Phi) is 2.30. The molecule has 0 rings (SSSR count). The van der Waals surface area contributed by atoms with E-state index < -0.39 is 11.7 Å². The highest BCUT2D eigenvalue weighted by Crippen LogP contribution is 2.09. The van der Waals surface area contributed by atoms with Gasteiger partial charge in [-0.3, -0.25) is 4.79 Å². The third-order valence-corrected chi connectivity index (χ3v) is 0.613. The van der Waals surface area contributed by atoms with Crippen molar-refractivity contribution in [2.24, 2.45) is 5.18 Å². The molecule has 0 saturated carbocycles. The first-order chi connectivity index (χ1) is 3.98. The highest BCUT2D eigenvalue weighted by Gasteiger charge is 2.20. The third-order valence-electron chi connectivity index (χ3n) is 0.613. The SMILES string of the molecule is CC(=O)OC(C)(C)N=O. The molecule has 0 atom stereocenters. The number of ether oxygens (including phenoxy) is 1. The average Bonchev–Trinajstić information content (AvgIpc) is 1.63. The Hall–Kier alpha value is -0.930. The minimum absolute atomic E-state index is 0.500. The minimum atomic E-state index is -1.22. The van der Waals surface area contributed by atoms with Crippen molar-refractivity contribution in [3.63, 3.8) is 0 Å². The van der Waals surface area contributed by atoms with Crippen LogP contribution in [0.4, 0.5) is 0 Å². The second kappa shape index (κ2) is 2.57. The zero-order valence-corrected chi connectivity index (χ0v) is 5.67. The third kappa shape index (κ3) is 3.64. The first-order valence-electron chi connectivity index (χ1n) is 2.52.